The van der Waals surface area contributed by atoms with Crippen molar-refractivity contribution in [1.82, 2.24) is 4.90 Å². The lowest BCUT2D eigenvalue weighted by Gasteiger charge is -2.27. The minimum Gasteiger partial charge on any atom is -0.497 e. The number of nitrogens with zero attached hydrogens (tertiary/aromatic N) is 1. The van der Waals surface area contributed by atoms with E-state index in [1.165, 1.54) is 0 Å². The second kappa shape index (κ2) is 8.87. The average molecular weight is 384 g/mol. The number of urea groups is 1. The van der Waals surface area contributed by atoms with Crippen LogP contribution in [0.1, 0.15) is 38.3 Å². The Morgan fingerprint density at radius 2 is 1.89 bits per heavy atom. The molecule has 0 bridgehead atoms. The van der Waals surface area contributed by atoms with Crippen LogP contribution in [-0.2, 0) is 0 Å². The lowest BCUT2D eigenvalue weighted by atomic mass is 10.0. The molecule has 0 spiro atoms. The highest BCUT2D eigenvalue weighted by Gasteiger charge is 2.32. The summed E-state index contributed by atoms with van der Waals surface area (Å²) in [7, 11) is 3.26. The maximum Gasteiger partial charge on any atom is 0.322 e. The Morgan fingerprint density at radius 3 is 2.61 bits per heavy atom. The quantitative estimate of drug-likeness (QED) is 0.773. The van der Waals surface area contributed by atoms with Crippen molar-refractivity contribution in [2.24, 2.45) is 0 Å². The first-order valence-corrected chi connectivity index (χ1v) is 9.58. The number of anilines is 1. The summed E-state index contributed by atoms with van der Waals surface area (Å²) in [6, 6.07) is 13.1. The van der Waals surface area contributed by atoms with Gasteiger partial charge in [-0.15, -0.1) is 0 Å². The second-order valence-electron chi connectivity index (χ2n) is 7.05. The van der Waals surface area contributed by atoms with Gasteiger partial charge in [0, 0.05) is 18.2 Å². The van der Waals surface area contributed by atoms with E-state index in [0.717, 1.165) is 29.9 Å². The number of carbonyl (C=O) groups excluding carboxylic acids is 1. The molecular weight excluding hydrogens is 356 g/mol. The summed E-state index contributed by atoms with van der Waals surface area (Å²) >= 11 is 0. The first-order valence-electron chi connectivity index (χ1n) is 9.58. The van der Waals surface area contributed by atoms with Crippen molar-refractivity contribution in [3.8, 4) is 17.2 Å². The topological polar surface area (TPSA) is 60.0 Å². The van der Waals surface area contributed by atoms with E-state index in [-0.39, 0.29) is 18.2 Å². The Kier molecular flexibility index (Phi) is 6.29. The van der Waals surface area contributed by atoms with Crippen LogP contribution in [0.2, 0.25) is 0 Å². The molecule has 150 valence electrons. The zero-order valence-corrected chi connectivity index (χ0v) is 16.9. The molecule has 1 fully saturated rings. The third kappa shape index (κ3) is 4.32. The maximum atomic E-state index is 13.1. The Labute approximate surface area is 166 Å². The molecule has 6 heteroatoms. The molecule has 6 nitrogen and oxygen atoms in total. The van der Waals surface area contributed by atoms with Crippen molar-refractivity contribution >= 4 is 11.7 Å². The molecule has 1 atom stereocenters. The van der Waals surface area contributed by atoms with E-state index in [0.29, 0.717) is 18.0 Å². The van der Waals surface area contributed by atoms with Crippen LogP contribution in [0.4, 0.5) is 10.5 Å². The molecule has 0 aliphatic carbocycles. The van der Waals surface area contributed by atoms with Gasteiger partial charge in [-0.05, 0) is 51.0 Å². The van der Waals surface area contributed by atoms with E-state index in [1.807, 2.05) is 61.2 Å². The van der Waals surface area contributed by atoms with Gasteiger partial charge in [0.2, 0.25) is 0 Å². The number of carbonyl (C=O) groups is 1. The molecule has 0 aromatic heterocycles. The first-order chi connectivity index (χ1) is 13.5. The molecule has 1 N–H and O–H groups in total. The van der Waals surface area contributed by atoms with Gasteiger partial charge >= 0.3 is 6.03 Å². The van der Waals surface area contributed by atoms with Crippen LogP contribution >= 0.6 is 0 Å². The van der Waals surface area contributed by atoms with Crippen LogP contribution in [0.3, 0.4) is 0 Å². The average Bonchev–Trinajstić information content (AvgIpc) is 3.18. The molecule has 0 saturated carbocycles. The summed E-state index contributed by atoms with van der Waals surface area (Å²) in [5, 5.41) is 3.01. The predicted octanol–water partition coefficient (Wildman–Crippen LogP) is 4.86. The number of para-hydroxylation sites is 2. The fourth-order valence-corrected chi connectivity index (χ4v) is 3.54. The molecule has 2 amide bonds. The normalized spacial score (nSPS) is 16.2. The Hall–Kier alpha value is -2.89. The van der Waals surface area contributed by atoms with Crippen LogP contribution in [0.5, 0.6) is 17.2 Å². The molecule has 3 rings (SSSR count). The molecule has 28 heavy (non-hydrogen) atoms. The van der Waals surface area contributed by atoms with Crippen molar-refractivity contribution in [3.05, 3.63) is 48.0 Å². The second-order valence-corrected chi connectivity index (χ2v) is 7.05. The number of hydrogen-bond acceptors (Lipinski definition) is 4. The zero-order valence-electron chi connectivity index (χ0n) is 16.9. The van der Waals surface area contributed by atoms with Gasteiger partial charge in [-0.3, -0.25) is 0 Å². The summed E-state index contributed by atoms with van der Waals surface area (Å²) in [5.41, 5.74) is 1.66. The fraction of sp³-hybridized carbons (Fsp3) is 0.409. The van der Waals surface area contributed by atoms with Gasteiger partial charge in [0.1, 0.15) is 17.2 Å². The van der Waals surface area contributed by atoms with Crippen molar-refractivity contribution < 1.29 is 19.0 Å². The van der Waals surface area contributed by atoms with E-state index in [9.17, 15) is 4.79 Å². The molecular formula is C22H28N2O4. The van der Waals surface area contributed by atoms with Crippen molar-refractivity contribution in [1.29, 1.82) is 0 Å². The predicted molar refractivity (Wildman–Crippen MR) is 109 cm³/mol. The minimum absolute atomic E-state index is 0.0288. The number of amides is 2. The summed E-state index contributed by atoms with van der Waals surface area (Å²) in [6.45, 7) is 4.62. The van der Waals surface area contributed by atoms with Crippen molar-refractivity contribution in [3.63, 3.8) is 0 Å². The zero-order chi connectivity index (χ0) is 20.1. The SMILES string of the molecule is COc1ccc(C2CCCN2C(=O)Nc2ccccc2OC(C)C)c(OC)c1. The van der Waals surface area contributed by atoms with Crippen LogP contribution in [0, 0.1) is 0 Å². The first kappa shape index (κ1) is 19.9. The van der Waals surface area contributed by atoms with Crippen LogP contribution in [-0.4, -0.2) is 37.8 Å². The fourth-order valence-electron chi connectivity index (χ4n) is 3.54. The van der Waals surface area contributed by atoms with Crippen molar-refractivity contribution in [2.45, 2.75) is 38.8 Å². The summed E-state index contributed by atoms with van der Waals surface area (Å²) in [5.74, 6) is 2.13. The number of rotatable bonds is 6. The highest BCUT2D eigenvalue weighted by atomic mass is 16.5. The van der Waals surface area contributed by atoms with Gasteiger partial charge in [0.25, 0.3) is 0 Å². The third-order valence-corrected chi connectivity index (χ3v) is 4.80. The molecule has 1 heterocycles. The number of nitrogens with one attached hydrogen (secondary N) is 1. The van der Waals surface area contributed by atoms with E-state index in [1.54, 1.807) is 14.2 Å². The molecule has 1 aliphatic rings. The van der Waals surface area contributed by atoms with Crippen LogP contribution < -0.4 is 19.5 Å². The minimum atomic E-state index is -0.139. The Balaban J connectivity index is 1.81. The number of ether oxygens (including phenoxy) is 3. The van der Waals surface area contributed by atoms with Gasteiger partial charge in [-0.25, -0.2) is 4.79 Å². The van der Waals surface area contributed by atoms with E-state index < -0.39 is 0 Å². The Morgan fingerprint density at radius 1 is 1.11 bits per heavy atom. The monoisotopic (exact) mass is 384 g/mol. The molecule has 2 aromatic carbocycles. The highest BCUT2D eigenvalue weighted by molar-refractivity contribution is 5.91. The number of hydrogen-bond donors (Lipinski definition) is 1. The Bertz CT molecular complexity index is 822. The van der Waals surface area contributed by atoms with Gasteiger partial charge in [-0.2, -0.15) is 0 Å². The van der Waals surface area contributed by atoms with Gasteiger partial charge in [-0.1, -0.05) is 12.1 Å². The van der Waals surface area contributed by atoms with E-state index in [2.05, 4.69) is 5.32 Å². The van der Waals surface area contributed by atoms with E-state index >= 15 is 0 Å². The van der Waals surface area contributed by atoms with Crippen LogP contribution in [0.15, 0.2) is 42.5 Å². The van der Waals surface area contributed by atoms with Crippen LogP contribution in [0.25, 0.3) is 0 Å². The summed E-state index contributed by atoms with van der Waals surface area (Å²) < 4.78 is 16.7. The van der Waals surface area contributed by atoms with Gasteiger partial charge in [0.05, 0.1) is 32.1 Å². The highest BCUT2D eigenvalue weighted by Crippen LogP contribution is 2.39. The number of likely N-dealkylation sites (tertiary alicyclic amines) is 1. The smallest absolute Gasteiger partial charge is 0.322 e. The molecule has 1 saturated heterocycles. The molecule has 1 unspecified atom stereocenters. The summed E-state index contributed by atoms with van der Waals surface area (Å²) in [6.07, 6.45) is 1.86. The molecule has 0 radical (unpaired) electrons. The number of benzene rings is 2. The lowest BCUT2D eigenvalue weighted by molar-refractivity contribution is 0.205. The molecule has 2 aromatic rings. The maximum absolute atomic E-state index is 13.1. The summed E-state index contributed by atoms with van der Waals surface area (Å²) in [4.78, 5) is 14.9. The van der Waals surface area contributed by atoms with Crippen molar-refractivity contribution in [2.75, 3.05) is 26.1 Å². The van der Waals surface area contributed by atoms with E-state index in [4.69, 9.17) is 14.2 Å². The van der Waals surface area contributed by atoms with Gasteiger partial charge in [0.15, 0.2) is 0 Å². The molecule has 1 aliphatic heterocycles. The number of methoxy groups -OCH3 is 2. The lowest BCUT2D eigenvalue weighted by Crippen LogP contribution is -2.34. The largest absolute Gasteiger partial charge is 0.497 e. The third-order valence-electron chi connectivity index (χ3n) is 4.80. The standard InChI is InChI=1S/C22H28N2O4/c1-15(2)28-20-10-6-5-8-18(20)23-22(25)24-13-7-9-19(24)17-12-11-16(26-3)14-21(17)27-4/h5-6,8,10-12,14-15,19H,7,9,13H2,1-4H3,(H,23,25). The van der Waals surface area contributed by atoms with Gasteiger partial charge < -0.3 is 24.4 Å².